The molecule has 1 fully saturated rings. The Morgan fingerprint density at radius 3 is 2.79 bits per heavy atom. The number of aryl methyl sites for hydroxylation is 1. The second kappa shape index (κ2) is 6.52. The first-order chi connectivity index (χ1) is 11.3. The van der Waals surface area contributed by atoms with E-state index >= 15 is 0 Å². The van der Waals surface area contributed by atoms with Crippen LogP contribution in [0.3, 0.4) is 0 Å². The Labute approximate surface area is 136 Å². The zero-order valence-electron chi connectivity index (χ0n) is 13.1. The molecule has 0 spiro atoms. The lowest BCUT2D eigenvalue weighted by Gasteiger charge is -2.32. The second-order valence-electron chi connectivity index (χ2n) is 5.85. The van der Waals surface area contributed by atoms with Crippen LogP contribution >= 0.6 is 0 Å². The standard InChI is InChI=1S/C16H17F4N3O/c1-22-8-12(7-21-22)15-10-23(4-5-24-15)9-11-6-13(16(18,19)20)2-3-14(11)17/h2-3,6-8,15H,4-5,9-10H2,1H3/t15-/m1/s1. The van der Waals surface area contributed by atoms with Crippen LogP contribution in [0.15, 0.2) is 30.6 Å². The monoisotopic (exact) mass is 343 g/mol. The van der Waals surface area contributed by atoms with Gasteiger partial charge in [0.05, 0.1) is 24.5 Å². The third-order valence-electron chi connectivity index (χ3n) is 4.01. The minimum atomic E-state index is -4.48. The molecule has 24 heavy (non-hydrogen) atoms. The van der Waals surface area contributed by atoms with Crippen molar-refractivity contribution in [3.05, 3.63) is 53.1 Å². The van der Waals surface area contributed by atoms with Crippen molar-refractivity contribution >= 4 is 0 Å². The van der Waals surface area contributed by atoms with E-state index in [9.17, 15) is 17.6 Å². The molecule has 2 heterocycles. The van der Waals surface area contributed by atoms with E-state index in [0.29, 0.717) is 19.7 Å². The molecular weight excluding hydrogens is 326 g/mol. The summed E-state index contributed by atoms with van der Waals surface area (Å²) in [4.78, 5) is 1.89. The van der Waals surface area contributed by atoms with Gasteiger partial charge in [-0.3, -0.25) is 9.58 Å². The molecule has 1 aliphatic heterocycles. The second-order valence-corrected chi connectivity index (χ2v) is 5.85. The highest BCUT2D eigenvalue weighted by Gasteiger charge is 2.31. The van der Waals surface area contributed by atoms with Gasteiger partial charge in [-0.1, -0.05) is 0 Å². The number of benzene rings is 1. The Balaban J connectivity index is 1.73. The van der Waals surface area contributed by atoms with Crippen LogP contribution in [0.4, 0.5) is 17.6 Å². The van der Waals surface area contributed by atoms with E-state index in [1.807, 2.05) is 11.1 Å². The third-order valence-corrected chi connectivity index (χ3v) is 4.01. The number of aromatic nitrogens is 2. The van der Waals surface area contributed by atoms with Crippen molar-refractivity contribution in [2.24, 2.45) is 7.05 Å². The molecular formula is C16H17F4N3O. The zero-order valence-corrected chi connectivity index (χ0v) is 13.1. The van der Waals surface area contributed by atoms with Gasteiger partial charge < -0.3 is 4.74 Å². The minimum absolute atomic E-state index is 0.0386. The van der Waals surface area contributed by atoms with Gasteiger partial charge in [-0.05, 0) is 18.2 Å². The molecule has 8 heteroatoms. The number of alkyl halides is 3. The van der Waals surface area contributed by atoms with Gasteiger partial charge in [0.2, 0.25) is 0 Å². The Morgan fingerprint density at radius 2 is 2.12 bits per heavy atom. The van der Waals surface area contributed by atoms with Crippen molar-refractivity contribution in [2.45, 2.75) is 18.8 Å². The average molecular weight is 343 g/mol. The molecule has 4 nitrogen and oxygen atoms in total. The van der Waals surface area contributed by atoms with Gasteiger partial charge in [0, 0.05) is 44.0 Å². The maximum absolute atomic E-state index is 13.9. The van der Waals surface area contributed by atoms with E-state index in [0.717, 1.165) is 23.8 Å². The predicted molar refractivity (Wildman–Crippen MR) is 78.6 cm³/mol. The van der Waals surface area contributed by atoms with E-state index in [1.54, 1.807) is 17.9 Å². The lowest BCUT2D eigenvalue weighted by molar-refractivity contribution is -0.137. The van der Waals surface area contributed by atoms with Gasteiger partial charge in [-0.2, -0.15) is 18.3 Å². The maximum atomic E-state index is 13.9. The Bertz CT molecular complexity index is 714. The largest absolute Gasteiger partial charge is 0.416 e. The number of hydrogen-bond donors (Lipinski definition) is 0. The molecule has 1 saturated heterocycles. The van der Waals surface area contributed by atoms with Crippen LogP contribution in [0.25, 0.3) is 0 Å². The van der Waals surface area contributed by atoms with Crippen molar-refractivity contribution in [2.75, 3.05) is 19.7 Å². The van der Waals surface area contributed by atoms with Crippen molar-refractivity contribution < 1.29 is 22.3 Å². The van der Waals surface area contributed by atoms with Gasteiger partial charge in [-0.25, -0.2) is 4.39 Å². The number of halogens is 4. The van der Waals surface area contributed by atoms with Gasteiger partial charge in [0.25, 0.3) is 0 Å². The Hall–Kier alpha value is -1.93. The Morgan fingerprint density at radius 1 is 1.33 bits per heavy atom. The summed E-state index contributed by atoms with van der Waals surface area (Å²) in [6.07, 6.45) is -1.18. The minimum Gasteiger partial charge on any atom is -0.371 e. The molecule has 3 rings (SSSR count). The predicted octanol–water partition coefficient (Wildman–Crippen LogP) is 3.15. The van der Waals surface area contributed by atoms with Crippen molar-refractivity contribution in [1.82, 2.24) is 14.7 Å². The van der Waals surface area contributed by atoms with E-state index in [-0.39, 0.29) is 18.2 Å². The van der Waals surface area contributed by atoms with Crippen LogP contribution in [-0.2, 0) is 24.5 Å². The van der Waals surface area contributed by atoms with Crippen LogP contribution in [0.2, 0.25) is 0 Å². The molecule has 0 saturated carbocycles. The smallest absolute Gasteiger partial charge is 0.371 e. The summed E-state index contributed by atoms with van der Waals surface area (Å²) >= 11 is 0. The summed E-state index contributed by atoms with van der Waals surface area (Å²) in [7, 11) is 1.79. The summed E-state index contributed by atoms with van der Waals surface area (Å²) in [5, 5.41) is 4.09. The van der Waals surface area contributed by atoms with E-state index in [4.69, 9.17) is 4.74 Å². The van der Waals surface area contributed by atoms with Crippen LogP contribution < -0.4 is 0 Å². The lowest BCUT2D eigenvalue weighted by Crippen LogP contribution is -2.38. The highest BCUT2D eigenvalue weighted by atomic mass is 19.4. The molecule has 130 valence electrons. The molecule has 0 N–H and O–H groups in total. The van der Waals surface area contributed by atoms with Crippen LogP contribution in [0, 0.1) is 5.82 Å². The van der Waals surface area contributed by atoms with E-state index in [2.05, 4.69) is 5.10 Å². The number of hydrogen-bond acceptors (Lipinski definition) is 3. The number of morpholine rings is 1. The van der Waals surface area contributed by atoms with Gasteiger partial charge in [-0.15, -0.1) is 0 Å². The maximum Gasteiger partial charge on any atom is 0.416 e. The third kappa shape index (κ3) is 3.76. The quantitative estimate of drug-likeness (QED) is 0.802. The fourth-order valence-corrected chi connectivity index (χ4v) is 2.77. The van der Waals surface area contributed by atoms with Gasteiger partial charge in [0.1, 0.15) is 5.82 Å². The highest BCUT2D eigenvalue weighted by Crippen LogP contribution is 2.31. The number of rotatable bonds is 3. The van der Waals surface area contributed by atoms with Crippen LogP contribution in [0.5, 0.6) is 0 Å². The van der Waals surface area contributed by atoms with Crippen molar-refractivity contribution in [3.8, 4) is 0 Å². The molecule has 1 aliphatic rings. The molecule has 0 radical (unpaired) electrons. The topological polar surface area (TPSA) is 30.3 Å². The first-order valence-electron chi connectivity index (χ1n) is 7.51. The SMILES string of the molecule is Cn1cc([C@H]2CN(Cc3cc(C(F)(F)F)ccc3F)CCO2)cn1. The number of ether oxygens (including phenoxy) is 1. The Kier molecular flexibility index (Phi) is 4.60. The molecule has 0 amide bonds. The van der Waals surface area contributed by atoms with Crippen LogP contribution in [-0.4, -0.2) is 34.4 Å². The first-order valence-corrected chi connectivity index (χ1v) is 7.51. The first kappa shape index (κ1) is 16.9. The summed E-state index contributed by atoms with van der Waals surface area (Å²) in [5.41, 5.74) is 0.0966. The summed E-state index contributed by atoms with van der Waals surface area (Å²) in [6.45, 7) is 1.55. The highest BCUT2D eigenvalue weighted by molar-refractivity contribution is 5.27. The fraction of sp³-hybridized carbons (Fsp3) is 0.438. The van der Waals surface area contributed by atoms with Gasteiger partial charge in [0.15, 0.2) is 0 Å². The summed E-state index contributed by atoms with van der Waals surface area (Å²) in [5.74, 6) is -0.632. The molecule has 1 atom stereocenters. The van der Waals surface area contributed by atoms with Crippen molar-refractivity contribution in [1.29, 1.82) is 0 Å². The molecule has 1 aromatic carbocycles. The van der Waals surface area contributed by atoms with Crippen LogP contribution in [0.1, 0.15) is 22.8 Å². The lowest BCUT2D eigenvalue weighted by atomic mass is 10.1. The summed E-state index contributed by atoms with van der Waals surface area (Å²) in [6, 6.07) is 2.51. The van der Waals surface area contributed by atoms with E-state index in [1.165, 1.54) is 0 Å². The average Bonchev–Trinajstić information content (AvgIpc) is 2.95. The molecule has 2 aromatic rings. The fourth-order valence-electron chi connectivity index (χ4n) is 2.77. The zero-order chi connectivity index (χ0) is 17.3. The normalized spacial score (nSPS) is 19.6. The summed E-state index contributed by atoms with van der Waals surface area (Å²) < 4.78 is 59.6. The van der Waals surface area contributed by atoms with E-state index < -0.39 is 17.6 Å². The molecule has 0 aliphatic carbocycles. The van der Waals surface area contributed by atoms with Crippen molar-refractivity contribution in [3.63, 3.8) is 0 Å². The molecule has 0 bridgehead atoms. The van der Waals surface area contributed by atoms with Gasteiger partial charge >= 0.3 is 6.18 Å². The molecule has 0 unspecified atom stereocenters. The molecule has 1 aromatic heterocycles. The number of nitrogens with zero attached hydrogens (tertiary/aromatic N) is 3.